The quantitative estimate of drug-likeness (QED) is 0.779. The van der Waals surface area contributed by atoms with Crippen molar-refractivity contribution in [2.75, 3.05) is 6.54 Å². The van der Waals surface area contributed by atoms with Crippen molar-refractivity contribution < 1.29 is 19.1 Å². The summed E-state index contributed by atoms with van der Waals surface area (Å²) >= 11 is 1.57. The van der Waals surface area contributed by atoms with Gasteiger partial charge in [-0.2, -0.15) is 0 Å². The Labute approximate surface area is 144 Å². The number of thiazole rings is 1. The summed E-state index contributed by atoms with van der Waals surface area (Å²) in [4.78, 5) is 27.9. The van der Waals surface area contributed by atoms with Crippen LogP contribution in [0.1, 0.15) is 34.9 Å². The summed E-state index contributed by atoms with van der Waals surface area (Å²) in [6.07, 6.45) is -0.832. The van der Waals surface area contributed by atoms with Gasteiger partial charge in [0.2, 0.25) is 0 Å². The molecule has 128 valence electrons. The van der Waals surface area contributed by atoms with Crippen molar-refractivity contribution in [3.63, 3.8) is 0 Å². The molecule has 1 aromatic heterocycles. The fourth-order valence-electron chi connectivity index (χ4n) is 1.92. The number of esters is 1. The van der Waals surface area contributed by atoms with Gasteiger partial charge in [0.05, 0.1) is 16.3 Å². The maximum atomic E-state index is 12.0. The first kappa shape index (κ1) is 17.9. The van der Waals surface area contributed by atoms with Gasteiger partial charge in [-0.3, -0.25) is 4.79 Å². The second kappa shape index (κ2) is 8.44. The number of aryl methyl sites for hydroxylation is 1. The number of likely N-dealkylation sites (N-methyl/N-ethyl adjacent to an activating group) is 1. The molecule has 1 aromatic carbocycles. The lowest BCUT2D eigenvalue weighted by molar-refractivity contribution is -0.128. The standard InChI is InChI=1S/C17H20N2O4S/c1-4-18-16(20)11(2)23-17(21)13-5-7-15(8-6-13)22-9-14-10-24-12(3)19-14/h5-8,10-11H,4,9H2,1-3H3,(H,18,20)/t11-/m1/s1. The van der Waals surface area contributed by atoms with Gasteiger partial charge in [0.15, 0.2) is 6.10 Å². The topological polar surface area (TPSA) is 77.5 Å². The molecule has 2 rings (SSSR count). The lowest BCUT2D eigenvalue weighted by atomic mass is 10.2. The molecule has 0 radical (unpaired) electrons. The van der Waals surface area contributed by atoms with Crippen molar-refractivity contribution in [1.82, 2.24) is 10.3 Å². The largest absolute Gasteiger partial charge is 0.487 e. The third kappa shape index (κ3) is 5.06. The Morgan fingerprint density at radius 2 is 2.00 bits per heavy atom. The predicted molar refractivity (Wildman–Crippen MR) is 91.2 cm³/mol. The first-order chi connectivity index (χ1) is 11.5. The number of rotatable bonds is 7. The molecule has 0 unspecified atom stereocenters. The average Bonchev–Trinajstić information content (AvgIpc) is 2.99. The van der Waals surface area contributed by atoms with Crippen molar-refractivity contribution in [3.8, 4) is 5.75 Å². The van der Waals surface area contributed by atoms with Gasteiger partial charge in [0.25, 0.3) is 5.91 Å². The van der Waals surface area contributed by atoms with Crippen LogP contribution in [0.4, 0.5) is 0 Å². The van der Waals surface area contributed by atoms with Crippen LogP contribution in [0.5, 0.6) is 5.75 Å². The third-order valence-electron chi connectivity index (χ3n) is 3.15. The number of nitrogens with zero attached hydrogens (tertiary/aromatic N) is 1. The number of hydrogen-bond acceptors (Lipinski definition) is 6. The van der Waals surface area contributed by atoms with Gasteiger partial charge in [-0.1, -0.05) is 0 Å². The second-order valence-electron chi connectivity index (χ2n) is 5.11. The van der Waals surface area contributed by atoms with Crippen molar-refractivity contribution >= 4 is 23.2 Å². The Balaban J connectivity index is 1.88. The highest BCUT2D eigenvalue weighted by molar-refractivity contribution is 7.09. The highest BCUT2D eigenvalue weighted by atomic mass is 32.1. The molecule has 0 saturated heterocycles. The predicted octanol–water partition coefficient (Wildman–Crippen LogP) is 2.71. The van der Waals surface area contributed by atoms with Crippen molar-refractivity contribution in [2.45, 2.75) is 33.5 Å². The minimum atomic E-state index is -0.832. The van der Waals surface area contributed by atoms with Crippen molar-refractivity contribution in [3.05, 3.63) is 45.9 Å². The minimum absolute atomic E-state index is 0.315. The number of carbonyl (C=O) groups is 2. The summed E-state index contributed by atoms with van der Waals surface area (Å²) in [5.41, 5.74) is 1.24. The summed E-state index contributed by atoms with van der Waals surface area (Å²) in [5.74, 6) is -0.228. The molecule has 0 fully saturated rings. The van der Waals surface area contributed by atoms with E-state index in [9.17, 15) is 9.59 Å². The van der Waals surface area contributed by atoms with Crippen molar-refractivity contribution in [2.24, 2.45) is 0 Å². The fraction of sp³-hybridized carbons (Fsp3) is 0.353. The molecule has 6 nitrogen and oxygen atoms in total. The molecule has 0 bridgehead atoms. The van der Waals surface area contributed by atoms with Crippen LogP contribution in [0, 0.1) is 6.92 Å². The molecule has 0 aliphatic heterocycles. The van der Waals surface area contributed by atoms with E-state index < -0.39 is 12.1 Å². The molecule has 2 aromatic rings. The molecule has 7 heteroatoms. The van der Waals surface area contributed by atoms with Crippen LogP contribution in [-0.2, 0) is 16.1 Å². The zero-order valence-electron chi connectivity index (χ0n) is 13.9. The summed E-state index contributed by atoms with van der Waals surface area (Å²) in [6.45, 7) is 6.15. The van der Waals surface area contributed by atoms with E-state index in [1.165, 1.54) is 6.92 Å². The SMILES string of the molecule is CCNC(=O)[C@@H](C)OC(=O)c1ccc(OCc2csc(C)n2)cc1. The first-order valence-electron chi connectivity index (χ1n) is 7.62. The Morgan fingerprint density at radius 1 is 1.29 bits per heavy atom. The van der Waals surface area contributed by atoms with E-state index in [4.69, 9.17) is 9.47 Å². The first-order valence-corrected chi connectivity index (χ1v) is 8.50. The summed E-state index contributed by atoms with van der Waals surface area (Å²) in [5, 5.41) is 5.55. The van der Waals surface area contributed by atoms with Crippen LogP contribution in [0.2, 0.25) is 0 Å². The normalized spacial score (nSPS) is 11.6. The van der Waals surface area contributed by atoms with E-state index in [1.54, 1.807) is 42.5 Å². The lowest BCUT2D eigenvalue weighted by Crippen LogP contribution is -2.35. The van der Waals surface area contributed by atoms with E-state index in [-0.39, 0.29) is 5.91 Å². The van der Waals surface area contributed by atoms with Crippen LogP contribution in [0.3, 0.4) is 0 Å². The van der Waals surface area contributed by atoms with Crippen LogP contribution >= 0.6 is 11.3 Å². The van der Waals surface area contributed by atoms with Gasteiger partial charge in [0, 0.05) is 11.9 Å². The molecule has 1 atom stereocenters. The summed E-state index contributed by atoms with van der Waals surface area (Å²) in [7, 11) is 0. The number of aromatic nitrogens is 1. The maximum absolute atomic E-state index is 12.0. The molecule has 0 saturated carbocycles. The van der Waals surface area contributed by atoms with E-state index in [1.807, 2.05) is 12.3 Å². The van der Waals surface area contributed by atoms with Gasteiger partial charge in [-0.05, 0) is 45.0 Å². The van der Waals surface area contributed by atoms with Crippen LogP contribution in [-0.4, -0.2) is 29.5 Å². The Kier molecular flexibility index (Phi) is 6.31. The van der Waals surface area contributed by atoms with E-state index >= 15 is 0 Å². The molecule has 1 amide bonds. The molecule has 1 heterocycles. The maximum Gasteiger partial charge on any atom is 0.338 e. The second-order valence-corrected chi connectivity index (χ2v) is 6.18. The van der Waals surface area contributed by atoms with Crippen LogP contribution in [0.15, 0.2) is 29.6 Å². The molecular formula is C17H20N2O4S. The molecule has 0 aliphatic rings. The number of hydrogen-bond donors (Lipinski definition) is 1. The highest BCUT2D eigenvalue weighted by Gasteiger charge is 2.18. The molecular weight excluding hydrogens is 328 g/mol. The van der Waals surface area contributed by atoms with E-state index in [0.717, 1.165) is 10.7 Å². The molecule has 0 spiro atoms. The van der Waals surface area contributed by atoms with Gasteiger partial charge in [-0.25, -0.2) is 9.78 Å². The van der Waals surface area contributed by atoms with E-state index in [0.29, 0.717) is 24.5 Å². The molecule has 1 N–H and O–H groups in total. The zero-order valence-corrected chi connectivity index (χ0v) is 14.7. The summed E-state index contributed by atoms with van der Waals surface area (Å²) < 4.78 is 10.7. The van der Waals surface area contributed by atoms with Crippen molar-refractivity contribution in [1.29, 1.82) is 0 Å². The Hall–Kier alpha value is -2.41. The third-order valence-corrected chi connectivity index (χ3v) is 3.97. The molecule has 24 heavy (non-hydrogen) atoms. The number of benzene rings is 1. The van der Waals surface area contributed by atoms with Crippen LogP contribution < -0.4 is 10.1 Å². The Morgan fingerprint density at radius 3 is 2.58 bits per heavy atom. The number of amides is 1. The average molecular weight is 348 g/mol. The monoisotopic (exact) mass is 348 g/mol. The van der Waals surface area contributed by atoms with Gasteiger partial charge in [-0.15, -0.1) is 11.3 Å². The Bertz CT molecular complexity index is 697. The smallest absolute Gasteiger partial charge is 0.338 e. The van der Waals surface area contributed by atoms with Gasteiger partial charge in [0.1, 0.15) is 12.4 Å². The fourth-order valence-corrected chi connectivity index (χ4v) is 2.52. The number of carbonyl (C=O) groups excluding carboxylic acids is 2. The zero-order chi connectivity index (χ0) is 17.5. The van der Waals surface area contributed by atoms with Gasteiger partial charge >= 0.3 is 5.97 Å². The lowest BCUT2D eigenvalue weighted by Gasteiger charge is -2.12. The van der Waals surface area contributed by atoms with E-state index in [2.05, 4.69) is 10.3 Å². The summed E-state index contributed by atoms with van der Waals surface area (Å²) in [6, 6.07) is 6.59. The highest BCUT2D eigenvalue weighted by Crippen LogP contribution is 2.16. The minimum Gasteiger partial charge on any atom is -0.487 e. The van der Waals surface area contributed by atoms with Gasteiger partial charge < -0.3 is 14.8 Å². The van der Waals surface area contributed by atoms with Crippen LogP contribution in [0.25, 0.3) is 0 Å². The molecule has 0 aliphatic carbocycles. The number of nitrogens with one attached hydrogen (secondary N) is 1. The number of ether oxygens (including phenoxy) is 2.